The Morgan fingerprint density at radius 1 is 0.913 bits per heavy atom. The molecule has 2 atom stereocenters. The molecule has 5 rings (SSSR count). The van der Waals surface area contributed by atoms with E-state index >= 15 is 0 Å². The second-order valence-corrected chi connectivity index (χ2v) is 11.5. The van der Waals surface area contributed by atoms with E-state index in [1.165, 1.54) is 11.8 Å². The maximum absolute atomic E-state index is 13.8. The highest BCUT2D eigenvalue weighted by atomic mass is 19.4. The molecule has 244 valence electrons. The smallest absolute Gasteiger partial charge is 0.416 e. The quantitative estimate of drug-likeness (QED) is 0.240. The van der Waals surface area contributed by atoms with Crippen molar-refractivity contribution in [3.8, 4) is 0 Å². The number of carbonyl (C=O) groups excluding carboxylic acids is 2. The van der Waals surface area contributed by atoms with Crippen LogP contribution in [0.15, 0.2) is 90.5 Å². The summed E-state index contributed by atoms with van der Waals surface area (Å²) >= 11 is 0. The summed E-state index contributed by atoms with van der Waals surface area (Å²) in [6, 6.07) is 19.0. The molecule has 0 saturated heterocycles. The molecule has 12 heteroatoms. The lowest BCUT2D eigenvalue weighted by Crippen LogP contribution is -2.56. The van der Waals surface area contributed by atoms with Crippen molar-refractivity contribution in [3.63, 3.8) is 0 Å². The first-order valence-corrected chi connectivity index (χ1v) is 14.7. The van der Waals surface area contributed by atoms with E-state index in [1.54, 1.807) is 60.7 Å². The van der Waals surface area contributed by atoms with Gasteiger partial charge in [0.25, 0.3) is 0 Å². The summed E-state index contributed by atoms with van der Waals surface area (Å²) in [4.78, 5) is 28.2. The van der Waals surface area contributed by atoms with Crippen LogP contribution < -0.4 is 5.32 Å². The van der Waals surface area contributed by atoms with Crippen LogP contribution in [0.1, 0.15) is 60.1 Å². The van der Waals surface area contributed by atoms with Crippen LogP contribution in [0.2, 0.25) is 0 Å². The van der Waals surface area contributed by atoms with Crippen LogP contribution in [0.25, 0.3) is 0 Å². The van der Waals surface area contributed by atoms with E-state index in [-0.39, 0.29) is 49.8 Å². The lowest BCUT2D eigenvalue weighted by Gasteiger charge is -2.46. The molecular formula is C34H32F6N2O4. The minimum atomic E-state index is -5.02. The number of hydrogen-bond acceptors (Lipinski definition) is 4. The van der Waals surface area contributed by atoms with Crippen molar-refractivity contribution in [1.29, 1.82) is 0 Å². The second kappa shape index (κ2) is 13.2. The van der Waals surface area contributed by atoms with E-state index in [1.807, 2.05) is 6.07 Å². The average Bonchev–Trinajstić information content (AvgIpc) is 3.86. The first-order chi connectivity index (χ1) is 21.8. The normalized spacial score (nSPS) is 19.3. The van der Waals surface area contributed by atoms with Crippen LogP contribution in [0, 0.1) is 0 Å². The molecule has 3 aromatic rings. The largest absolute Gasteiger partial charge is 0.445 e. The molecule has 2 aliphatic rings. The van der Waals surface area contributed by atoms with Gasteiger partial charge in [0.15, 0.2) is 0 Å². The highest BCUT2D eigenvalue weighted by Crippen LogP contribution is 2.41. The molecule has 46 heavy (non-hydrogen) atoms. The lowest BCUT2D eigenvalue weighted by atomic mass is 9.81. The molecular weight excluding hydrogens is 614 g/mol. The van der Waals surface area contributed by atoms with Crippen LogP contribution in [0.5, 0.6) is 0 Å². The van der Waals surface area contributed by atoms with Crippen molar-refractivity contribution in [3.05, 3.63) is 118 Å². The third-order valence-electron chi connectivity index (χ3n) is 8.12. The molecule has 0 aromatic heterocycles. The van der Waals surface area contributed by atoms with Gasteiger partial charge in [-0.15, -0.1) is 0 Å². The first-order valence-electron chi connectivity index (χ1n) is 14.7. The molecule has 1 saturated carbocycles. The molecule has 0 bridgehead atoms. The molecule has 1 heterocycles. The predicted octanol–water partition coefficient (Wildman–Crippen LogP) is 7.94. The molecule has 0 spiro atoms. The fourth-order valence-electron chi connectivity index (χ4n) is 5.31. The number of nitrogens with one attached hydrogen (secondary N) is 1. The van der Waals surface area contributed by atoms with Crippen molar-refractivity contribution in [2.45, 2.75) is 62.8 Å². The van der Waals surface area contributed by atoms with Crippen molar-refractivity contribution in [1.82, 2.24) is 10.2 Å². The Bertz CT molecular complexity index is 1540. The predicted molar refractivity (Wildman–Crippen MR) is 156 cm³/mol. The molecule has 1 N–H and O–H groups in total. The zero-order chi connectivity index (χ0) is 33.1. The zero-order valence-corrected chi connectivity index (χ0v) is 24.8. The minimum Gasteiger partial charge on any atom is -0.445 e. The zero-order valence-electron chi connectivity index (χ0n) is 24.8. The van der Waals surface area contributed by atoms with Crippen LogP contribution in [0.3, 0.4) is 0 Å². The maximum Gasteiger partial charge on any atom is 0.416 e. The van der Waals surface area contributed by atoms with Crippen LogP contribution in [-0.4, -0.2) is 36.1 Å². The minimum absolute atomic E-state index is 0.0610. The van der Waals surface area contributed by atoms with Crippen molar-refractivity contribution in [2.24, 2.45) is 0 Å². The van der Waals surface area contributed by atoms with Gasteiger partial charge < -0.3 is 14.8 Å². The first kappa shape index (κ1) is 33.1. The molecule has 2 amide bonds. The van der Waals surface area contributed by atoms with E-state index in [4.69, 9.17) is 9.47 Å². The Kier molecular flexibility index (Phi) is 9.48. The summed E-state index contributed by atoms with van der Waals surface area (Å²) < 4.78 is 93.2. The number of nitrogens with zero attached hydrogens (tertiary/aromatic N) is 1. The number of halogens is 6. The second-order valence-electron chi connectivity index (χ2n) is 11.5. The molecule has 1 aliphatic carbocycles. The third kappa shape index (κ3) is 7.72. The van der Waals surface area contributed by atoms with Crippen LogP contribution >= 0.6 is 0 Å². The Balaban J connectivity index is 1.49. The topological polar surface area (TPSA) is 67.9 Å². The standard InChI is InChI=1S/C34H32F6N2O4/c1-22(25-16-27(33(35,36)37)18-28(17-25)34(38,39)40)46-21-32(26-10-6-3-7-11-26)15-14-24(30(43)41-29-12-13-29)19-42(32)31(44)45-20-23-8-4-2-5-9-23/h2-11,14,16-18,22,29H,12-13,15,19-21H2,1H3,(H,41,43)/t22-,32-/m1/s1. The number of ether oxygens (including phenoxy) is 2. The molecule has 0 radical (unpaired) electrons. The van der Waals surface area contributed by atoms with E-state index in [2.05, 4.69) is 5.32 Å². The average molecular weight is 647 g/mol. The number of amides is 2. The van der Waals surface area contributed by atoms with Gasteiger partial charge in [0.2, 0.25) is 5.91 Å². The number of rotatable bonds is 9. The van der Waals surface area contributed by atoms with Gasteiger partial charge in [-0.1, -0.05) is 66.7 Å². The van der Waals surface area contributed by atoms with Gasteiger partial charge in [0.1, 0.15) is 6.61 Å². The molecule has 3 aromatic carbocycles. The van der Waals surface area contributed by atoms with Gasteiger partial charge in [-0.3, -0.25) is 9.69 Å². The molecule has 1 aliphatic heterocycles. The number of alkyl halides is 6. The van der Waals surface area contributed by atoms with E-state index in [0.717, 1.165) is 18.4 Å². The van der Waals surface area contributed by atoms with E-state index < -0.39 is 41.2 Å². The number of hydrogen-bond donors (Lipinski definition) is 1. The van der Waals surface area contributed by atoms with Gasteiger partial charge in [-0.2, -0.15) is 26.3 Å². The fourth-order valence-corrected chi connectivity index (χ4v) is 5.31. The van der Waals surface area contributed by atoms with Crippen LogP contribution in [-0.2, 0) is 38.8 Å². The molecule has 6 nitrogen and oxygen atoms in total. The summed E-state index contributed by atoms with van der Waals surface area (Å²) in [5.41, 5.74) is -2.93. The molecule has 1 fully saturated rings. The monoisotopic (exact) mass is 646 g/mol. The fraction of sp³-hybridized carbons (Fsp3) is 0.353. The highest BCUT2D eigenvalue weighted by molar-refractivity contribution is 5.95. The van der Waals surface area contributed by atoms with Crippen molar-refractivity contribution >= 4 is 12.0 Å². The maximum atomic E-state index is 13.8. The lowest BCUT2D eigenvalue weighted by molar-refractivity contribution is -0.143. The Morgan fingerprint density at radius 3 is 2.07 bits per heavy atom. The van der Waals surface area contributed by atoms with Crippen LogP contribution in [0.4, 0.5) is 31.1 Å². The Morgan fingerprint density at radius 2 is 1.50 bits per heavy atom. The van der Waals surface area contributed by atoms with Gasteiger partial charge in [0.05, 0.1) is 35.9 Å². The Labute approximate surface area is 262 Å². The number of benzene rings is 3. The van der Waals surface area contributed by atoms with Gasteiger partial charge in [0, 0.05) is 11.6 Å². The van der Waals surface area contributed by atoms with Gasteiger partial charge in [-0.05, 0) is 61.1 Å². The third-order valence-corrected chi connectivity index (χ3v) is 8.12. The summed E-state index contributed by atoms with van der Waals surface area (Å²) in [6.07, 6.45) is -8.60. The number of carbonyl (C=O) groups is 2. The van der Waals surface area contributed by atoms with E-state index in [0.29, 0.717) is 23.3 Å². The van der Waals surface area contributed by atoms with Gasteiger partial charge in [-0.25, -0.2) is 4.79 Å². The summed E-state index contributed by atoms with van der Waals surface area (Å²) in [5, 5.41) is 2.91. The SMILES string of the molecule is C[C@@H](OC[C@@]1(c2ccccc2)CC=C(C(=O)NC2CC2)CN1C(=O)OCc1ccccc1)c1cc(C(F)(F)F)cc(C(F)(F)F)c1. The van der Waals surface area contributed by atoms with Crippen molar-refractivity contribution in [2.75, 3.05) is 13.2 Å². The van der Waals surface area contributed by atoms with Gasteiger partial charge >= 0.3 is 18.4 Å². The summed E-state index contributed by atoms with van der Waals surface area (Å²) in [5.74, 6) is -0.331. The van der Waals surface area contributed by atoms with E-state index in [9.17, 15) is 35.9 Å². The van der Waals surface area contributed by atoms with Crippen molar-refractivity contribution < 1.29 is 45.4 Å². The summed E-state index contributed by atoms with van der Waals surface area (Å²) in [7, 11) is 0. The Hall–Kier alpha value is -4.32. The highest BCUT2D eigenvalue weighted by Gasteiger charge is 2.46. The summed E-state index contributed by atoms with van der Waals surface area (Å²) in [6.45, 7) is 0.778. The molecule has 0 unspecified atom stereocenters.